The first-order valence-electron chi connectivity index (χ1n) is 10.2. The topological polar surface area (TPSA) is 102 Å². The minimum atomic E-state index is -4.19. The number of benzene rings is 2. The average Bonchev–Trinajstić information content (AvgIpc) is 2.84. The minimum absolute atomic E-state index is 0.0741. The number of rotatable bonds is 6. The second-order valence-corrected chi connectivity index (χ2v) is 10.1. The molecule has 0 spiro atoms. The predicted octanol–water partition coefficient (Wildman–Crippen LogP) is 5.15. The molecule has 0 unspecified atom stereocenters. The van der Waals surface area contributed by atoms with Gasteiger partial charge in [0.25, 0.3) is 5.56 Å². The van der Waals surface area contributed by atoms with Crippen LogP contribution in [0.15, 0.2) is 92.0 Å². The first kappa shape index (κ1) is 23.4. The molecule has 0 atom stereocenters. The Morgan fingerprint density at radius 1 is 1.12 bits per heavy atom. The fourth-order valence-corrected chi connectivity index (χ4v) is 4.64. The van der Waals surface area contributed by atoms with Crippen LogP contribution >= 0.6 is 15.9 Å². The molecule has 0 aliphatic carbocycles. The highest BCUT2D eigenvalue weighted by molar-refractivity contribution is 9.10. The van der Waals surface area contributed by atoms with Gasteiger partial charge in [-0.25, -0.2) is 8.42 Å². The van der Waals surface area contributed by atoms with E-state index in [4.69, 9.17) is 4.74 Å². The van der Waals surface area contributed by atoms with E-state index in [0.29, 0.717) is 15.9 Å². The standard InChI is InChI=1S/C25H18BrN3O4S/c1-2-17-6-10-19(11-7-17)33-24-22(25(30)29-14-4-3-5-23(29)28-24)15-21(16-27)34(31,32)20-12-8-18(26)9-13-20/h3-15H,2H2,1H3/b21-15+. The Labute approximate surface area is 204 Å². The van der Waals surface area contributed by atoms with Crippen molar-refractivity contribution in [2.24, 2.45) is 0 Å². The van der Waals surface area contributed by atoms with Crippen LogP contribution in [-0.4, -0.2) is 17.8 Å². The third kappa shape index (κ3) is 4.64. The van der Waals surface area contributed by atoms with Gasteiger partial charge in [0.1, 0.15) is 27.9 Å². The Bertz CT molecular complexity index is 1600. The molecule has 170 valence electrons. The highest BCUT2D eigenvalue weighted by Gasteiger charge is 2.23. The van der Waals surface area contributed by atoms with E-state index in [1.165, 1.54) is 22.7 Å². The average molecular weight is 536 g/mol. The van der Waals surface area contributed by atoms with E-state index >= 15 is 0 Å². The maximum atomic E-state index is 13.3. The number of hydrogen-bond donors (Lipinski definition) is 0. The van der Waals surface area contributed by atoms with Crippen molar-refractivity contribution in [2.45, 2.75) is 18.2 Å². The molecule has 34 heavy (non-hydrogen) atoms. The summed E-state index contributed by atoms with van der Waals surface area (Å²) in [6.45, 7) is 2.03. The molecule has 0 aliphatic heterocycles. The Kier molecular flexibility index (Phi) is 6.63. The first-order chi connectivity index (χ1) is 16.3. The van der Waals surface area contributed by atoms with Crippen LogP contribution in [0.1, 0.15) is 18.1 Å². The molecule has 9 heteroatoms. The van der Waals surface area contributed by atoms with Gasteiger partial charge in [-0.3, -0.25) is 9.20 Å². The summed E-state index contributed by atoms with van der Waals surface area (Å²) in [4.78, 5) is 17.0. The smallest absolute Gasteiger partial charge is 0.269 e. The van der Waals surface area contributed by atoms with Gasteiger partial charge in [0, 0.05) is 10.7 Å². The van der Waals surface area contributed by atoms with E-state index < -0.39 is 20.3 Å². The van der Waals surface area contributed by atoms with E-state index in [9.17, 15) is 18.5 Å². The number of hydrogen-bond acceptors (Lipinski definition) is 6. The normalized spacial score (nSPS) is 11.9. The molecule has 0 aliphatic rings. The molecule has 2 heterocycles. The van der Waals surface area contributed by atoms with Crippen molar-refractivity contribution in [3.8, 4) is 17.7 Å². The van der Waals surface area contributed by atoms with Crippen molar-refractivity contribution in [2.75, 3.05) is 0 Å². The van der Waals surface area contributed by atoms with Crippen LogP contribution in [0.2, 0.25) is 0 Å². The molecular formula is C25H18BrN3O4S. The van der Waals surface area contributed by atoms with E-state index in [1.54, 1.807) is 48.5 Å². The van der Waals surface area contributed by atoms with Gasteiger partial charge in [0.2, 0.25) is 15.7 Å². The van der Waals surface area contributed by atoms with Crippen molar-refractivity contribution in [1.82, 2.24) is 9.38 Å². The van der Waals surface area contributed by atoms with Gasteiger partial charge in [-0.15, -0.1) is 0 Å². The van der Waals surface area contributed by atoms with E-state index in [-0.39, 0.29) is 16.3 Å². The van der Waals surface area contributed by atoms with E-state index in [0.717, 1.165) is 18.1 Å². The molecular weight excluding hydrogens is 518 g/mol. The lowest BCUT2D eigenvalue weighted by atomic mass is 10.2. The third-order valence-corrected chi connectivity index (χ3v) is 7.29. The number of ether oxygens (including phenoxy) is 1. The lowest BCUT2D eigenvalue weighted by molar-refractivity contribution is 0.461. The third-order valence-electron chi connectivity index (χ3n) is 5.08. The summed E-state index contributed by atoms with van der Waals surface area (Å²) >= 11 is 3.26. The number of aryl methyl sites for hydroxylation is 1. The van der Waals surface area contributed by atoms with Crippen molar-refractivity contribution >= 4 is 37.5 Å². The minimum Gasteiger partial charge on any atom is -0.438 e. The lowest BCUT2D eigenvalue weighted by Gasteiger charge is -2.11. The zero-order valence-electron chi connectivity index (χ0n) is 18.0. The van der Waals surface area contributed by atoms with Gasteiger partial charge in [-0.05, 0) is 66.6 Å². The van der Waals surface area contributed by atoms with Crippen molar-refractivity contribution in [3.63, 3.8) is 0 Å². The van der Waals surface area contributed by atoms with Crippen LogP contribution in [-0.2, 0) is 16.3 Å². The molecule has 7 nitrogen and oxygen atoms in total. The summed E-state index contributed by atoms with van der Waals surface area (Å²) in [5, 5.41) is 9.70. The summed E-state index contributed by atoms with van der Waals surface area (Å²) in [5.41, 5.74) is 0.704. The number of sulfone groups is 1. The van der Waals surface area contributed by atoms with Crippen LogP contribution in [0, 0.1) is 11.3 Å². The summed E-state index contributed by atoms with van der Waals surface area (Å²) in [6.07, 6.45) is 3.38. The van der Waals surface area contributed by atoms with Crippen molar-refractivity contribution in [1.29, 1.82) is 5.26 Å². The number of nitriles is 1. The number of halogens is 1. The maximum absolute atomic E-state index is 13.3. The summed E-state index contributed by atoms with van der Waals surface area (Å²) < 4.78 is 34.1. The number of nitrogens with zero attached hydrogens (tertiary/aromatic N) is 3. The molecule has 0 bridgehead atoms. The second-order valence-electron chi connectivity index (χ2n) is 7.24. The van der Waals surface area contributed by atoms with Crippen LogP contribution in [0.5, 0.6) is 11.6 Å². The highest BCUT2D eigenvalue weighted by atomic mass is 79.9. The molecule has 0 saturated heterocycles. The fourth-order valence-electron chi connectivity index (χ4n) is 3.23. The van der Waals surface area contributed by atoms with Crippen molar-refractivity contribution in [3.05, 3.63) is 104 Å². The van der Waals surface area contributed by atoms with E-state index in [2.05, 4.69) is 20.9 Å². The van der Waals surface area contributed by atoms with Gasteiger partial charge in [-0.1, -0.05) is 41.1 Å². The van der Waals surface area contributed by atoms with E-state index in [1.807, 2.05) is 19.1 Å². The number of allylic oxidation sites excluding steroid dienone is 1. The molecule has 0 radical (unpaired) electrons. The lowest BCUT2D eigenvalue weighted by Crippen LogP contribution is -2.19. The Balaban J connectivity index is 1.90. The van der Waals surface area contributed by atoms with Gasteiger partial charge < -0.3 is 4.74 Å². The summed E-state index contributed by atoms with van der Waals surface area (Å²) in [5.74, 6) is 0.326. The highest BCUT2D eigenvalue weighted by Crippen LogP contribution is 2.27. The van der Waals surface area contributed by atoms with Gasteiger partial charge in [0.15, 0.2) is 0 Å². The molecule has 0 fully saturated rings. The fraction of sp³-hybridized carbons (Fsp3) is 0.0800. The largest absolute Gasteiger partial charge is 0.438 e. The number of pyridine rings is 1. The molecule has 2 aromatic heterocycles. The van der Waals surface area contributed by atoms with Gasteiger partial charge >= 0.3 is 0 Å². The van der Waals surface area contributed by atoms with Gasteiger partial charge in [0.05, 0.1) is 4.90 Å². The Hall–Kier alpha value is -3.74. The molecule has 0 saturated carbocycles. The Morgan fingerprint density at radius 2 is 1.82 bits per heavy atom. The zero-order chi connectivity index (χ0) is 24.3. The zero-order valence-corrected chi connectivity index (χ0v) is 20.4. The van der Waals surface area contributed by atoms with Crippen molar-refractivity contribution < 1.29 is 13.2 Å². The second kappa shape index (κ2) is 9.63. The molecule has 0 N–H and O–H groups in total. The van der Waals surface area contributed by atoms with Gasteiger partial charge in [-0.2, -0.15) is 10.2 Å². The number of aromatic nitrogens is 2. The first-order valence-corrected chi connectivity index (χ1v) is 12.5. The van der Waals surface area contributed by atoms with Crippen LogP contribution in [0.3, 0.4) is 0 Å². The maximum Gasteiger partial charge on any atom is 0.269 e. The monoisotopic (exact) mass is 535 g/mol. The summed E-state index contributed by atoms with van der Waals surface area (Å²) in [6, 6.07) is 19.8. The molecule has 4 rings (SSSR count). The summed E-state index contributed by atoms with van der Waals surface area (Å²) in [7, 11) is -4.19. The Morgan fingerprint density at radius 3 is 2.47 bits per heavy atom. The van der Waals surface area contributed by atoms with Crippen LogP contribution < -0.4 is 10.3 Å². The van der Waals surface area contributed by atoms with Crippen LogP contribution in [0.25, 0.3) is 11.7 Å². The molecule has 2 aromatic carbocycles. The quantitative estimate of drug-likeness (QED) is 0.316. The number of fused-ring (bicyclic) bond motifs is 1. The predicted molar refractivity (Wildman–Crippen MR) is 132 cm³/mol. The SMILES string of the molecule is CCc1ccc(Oc2nc3ccccn3c(=O)c2/C=C(\C#N)S(=O)(=O)c2ccc(Br)cc2)cc1. The molecule has 4 aromatic rings. The van der Waals surface area contributed by atoms with Crippen LogP contribution in [0.4, 0.5) is 0 Å². The molecule has 0 amide bonds.